The molecule has 0 saturated carbocycles. The van der Waals surface area contributed by atoms with Gasteiger partial charge < -0.3 is 10.4 Å². The summed E-state index contributed by atoms with van der Waals surface area (Å²) in [5.41, 5.74) is 0.309. The van der Waals surface area contributed by atoms with Gasteiger partial charge in [-0.3, -0.25) is 9.59 Å². The van der Waals surface area contributed by atoms with Crippen LogP contribution in [0.15, 0.2) is 0 Å². The minimum absolute atomic E-state index is 0.108. The van der Waals surface area contributed by atoms with Gasteiger partial charge >= 0.3 is 5.97 Å². The molecule has 0 radical (unpaired) electrons. The van der Waals surface area contributed by atoms with Gasteiger partial charge in [0.2, 0.25) is 0 Å². The molecule has 7 heteroatoms. The van der Waals surface area contributed by atoms with Crippen LogP contribution in [0.3, 0.4) is 0 Å². The third kappa shape index (κ3) is 4.27. The summed E-state index contributed by atoms with van der Waals surface area (Å²) >= 11 is 1.03. The SMILES string of the molecule is CCc1nnsc1C(=O)NC(CC(=O)O)C(C)(C)C. The molecule has 0 aliphatic carbocycles. The number of nitrogens with zero attached hydrogens (tertiary/aromatic N) is 2. The molecule has 1 aromatic heterocycles. The van der Waals surface area contributed by atoms with Crippen LogP contribution in [0.5, 0.6) is 0 Å². The normalized spacial score (nSPS) is 13.1. The lowest BCUT2D eigenvalue weighted by Gasteiger charge is -2.30. The van der Waals surface area contributed by atoms with E-state index in [1.54, 1.807) is 0 Å². The van der Waals surface area contributed by atoms with Gasteiger partial charge in [-0.15, -0.1) is 5.10 Å². The smallest absolute Gasteiger partial charge is 0.305 e. The molecule has 0 aliphatic rings. The van der Waals surface area contributed by atoms with Crippen LogP contribution in [-0.4, -0.2) is 32.6 Å². The van der Waals surface area contributed by atoms with Crippen molar-refractivity contribution >= 4 is 23.4 Å². The monoisotopic (exact) mass is 285 g/mol. The highest BCUT2D eigenvalue weighted by atomic mass is 32.1. The van der Waals surface area contributed by atoms with Gasteiger partial charge in [0.25, 0.3) is 5.91 Å². The Morgan fingerprint density at radius 3 is 2.53 bits per heavy atom. The number of rotatable bonds is 5. The van der Waals surface area contributed by atoms with Crippen LogP contribution in [0.4, 0.5) is 0 Å². The van der Waals surface area contributed by atoms with E-state index >= 15 is 0 Å². The number of carboxylic acids is 1. The molecule has 1 atom stereocenters. The van der Waals surface area contributed by atoms with Crippen LogP contribution >= 0.6 is 11.5 Å². The summed E-state index contributed by atoms with van der Waals surface area (Å²) in [5.74, 6) is -1.23. The summed E-state index contributed by atoms with van der Waals surface area (Å²) in [7, 11) is 0. The molecule has 0 spiro atoms. The van der Waals surface area contributed by atoms with E-state index in [0.29, 0.717) is 17.0 Å². The molecule has 1 rings (SSSR count). The average Bonchev–Trinajstić information content (AvgIpc) is 2.74. The molecule has 19 heavy (non-hydrogen) atoms. The highest BCUT2D eigenvalue weighted by molar-refractivity contribution is 7.08. The van der Waals surface area contributed by atoms with E-state index in [-0.39, 0.29) is 17.7 Å². The number of aromatic nitrogens is 2. The van der Waals surface area contributed by atoms with Gasteiger partial charge in [-0.05, 0) is 23.4 Å². The number of nitrogens with one attached hydrogen (secondary N) is 1. The minimum atomic E-state index is -0.932. The second-order valence-corrected chi connectivity index (χ2v) is 6.15. The molecule has 106 valence electrons. The Labute approximate surface area is 116 Å². The van der Waals surface area contributed by atoms with Crippen molar-refractivity contribution in [3.8, 4) is 0 Å². The molecular formula is C12H19N3O3S. The maximum Gasteiger partial charge on any atom is 0.305 e. The topological polar surface area (TPSA) is 92.2 Å². The summed E-state index contributed by atoms with van der Waals surface area (Å²) in [4.78, 5) is 23.5. The van der Waals surface area contributed by atoms with E-state index in [1.165, 1.54) is 0 Å². The maximum atomic E-state index is 12.2. The number of hydrogen-bond acceptors (Lipinski definition) is 5. The van der Waals surface area contributed by atoms with E-state index in [9.17, 15) is 9.59 Å². The fourth-order valence-electron chi connectivity index (χ4n) is 1.58. The van der Waals surface area contributed by atoms with Gasteiger partial charge in [-0.25, -0.2) is 0 Å². The van der Waals surface area contributed by atoms with E-state index in [0.717, 1.165) is 11.5 Å². The van der Waals surface area contributed by atoms with E-state index in [1.807, 2.05) is 27.7 Å². The molecule has 0 bridgehead atoms. The Balaban J connectivity index is 2.85. The summed E-state index contributed by atoms with van der Waals surface area (Å²) in [6, 6.07) is -0.440. The number of aryl methyl sites for hydroxylation is 1. The molecule has 0 saturated heterocycles. The first-order chi connectivity index (χ1) is 8.75. The Kier molecular flexibility index (Phi) is 4.99. The van der Waals surface area contributed by atoms with Crippen molar-refractivity contribution in [2.75, 3.05) is 0 Å². The van der Waals surface area contributed by atoms with E-state index < -0.39 is 12.0 Å². The first-order valence-corrected chi connectivity index (χ1v) is 6.87. The second-order valence-electron chi connectivity index (χ2n) is 5.39. The zero-order valence-corrected chi connectivity index (χ0v) is 12.4. The fraction of sp³-hybridized carbons (Fsp3) is 0.667. The summed E-state index contributed by atoms with van der Waals surface area (Å²) in [6.45, 7) is 7.58. The molecule has 1 heterocycles. The highest BCUT2D eigenvalue weighted by Crippen LogP contribution is 2.23. The first kappa shape index (κ1) is 15.6. The number of carboxylic acid groups (broad SMARTS) is 1. The second kappa shape index (κ2) is 6.10. The van der Waals surface area contributed by atoms with E-state index in [4.69, 9.17) is 5.11 Å². The Morgan fingerprint density at radius 2 is 2.05 bits per heavy atom. The molecule has 1 amide bonds. The zero-order chi connectivity index (χ0) is 14.6. The Hall–Kier alpha value is -1.50. The Bertz CT molecular complexity index is 465. The van der Waals surface area contributed by atoms with Crippen molar-refractivity contribution in [3.05, 3.63) is 10.6 Å². The number of carbonyl (C=O) groups is 2. The van der Waals surface area contributed by atoms with Crippen molar-refractivity contribution < 1.29 is 14.7 Å². The number of aliphatic carboxylic acids is 1. The quantitative estimate of drug-likeness (QED) is 0.859. The molecule has 1 unspecified atom stereocenters. The van der Waals surface area contributed by atoms with Crippen molar-refractivity contribution in [1.29, 1.82) is 0 Å². The van der Waals surface area contributed by atoms with Gasteiger partial charge in [-0.1, -0.05) is 32.2 Å². The number of hydrogen-bond donors (Lipinski definition) is 2. The van der Waals surface area contributed by atoms with Gasteiger partial charge in [-0.2, -0.15) is 0 Å². The summed E-state index contributed by atoms with van der Waals surface area (Å²) in [5, 5.41) is 15.6. The van der Waals surface area contributed by atoms with Crippen LogP contribution in [0.25, 0.3) is 0 Å². The predicted molar refractivity (Wildman–Crippen MR) is 72.2 cm³/mol. The maximum absolute atomic E-state index is 12.2. The van der Waals surface area contributed by atoms with Crippen LogP contribution in [-0.2, 0) is 11.2 Å². The fourth-order valence-corrected chi connectivity index (χ4v) is 2.24. The standard InChI is InChI=1S/C12H19N3O3S/c1-5-7-10(19-15-14-7)11(18)13-8(6-9(16)17)12(2,3)4/h8H,5-6H2,1-4H3,(H,13,18)(H,16,17). The van der Waals surface area contributed by atoms with Crippen LogP contribution in [0.2, 0.25) is 0 Å². The van der Waals surface area contributed by atoms with Gasteiger partial charge in [0.05, 0.1) is 12.1 Å². The van der Waals surface area contributed by atoms with Gasteiger partial charge in [0.15, 0.2) is 0 Å². The Morgan fingerprint density at radius 1 is 1.42 bits per heavy atom. The molecule has 1 aromatic rings. The minimum Gasteiger partial charge on any atom is -0.481 e. The van der Waals surface area contributed by atoms with Crippen LogP contribution in [0.1, 0.15) is 49.5 Å². The number of carbonyl (C=O) groups excluding carboxylic acids is 1. The van der Waals surface area contributed by atoms with Crippen LogP contribution < -0.4 is 5.32 Å². The summed E-state index contributed by atoms with van der Waals surface area (Å²) in [6.07, 6.45) is 0.515. The molecular weight excluding hydrogens is 266 g/mol. The van der Waals surface area contributed by atoms with Crippen molar-refractivity contribution in [3.63, 3.8) is 0 Å². The zero-order valence-electron chi connectivity index (χ0n) is 11.6. The van der Waals surface area contributed by atoms with Crippen molar-refractivity contribution in [1.82, 2.24) is 14.9 Å². The molecule has 2 N–H and O–H groups in total. The summed E-state index contributed by atoms with van der Waals surface area (Å²) < 4.78 is 3.76. The number of amides is 1. The third-order valence-electron chi connectivity index (χ3n) is 2.83. The first-order valence-electron chi connectivity index (χ1n) is 6.09. The third-order valence-corrected chi connectivity index (χ3v) is 3.59. The van der Waals surface area contributed by atoms with Crippen LogP contribution in [0, 0.1) is 5.41 Å². The van der Waals surface area contributed by atoms with Crippen molar-refractivity contribution in [2.24, 2.45) is 5.41 Å². The lowest BCUT2D eigenvalue weighted by atomic mass is 9.84. The molecule has 0 aromatic carbocycles. The van der Waals surface area contributed by atoms with Crippen molar-refractivity contribution in [2.45, 2.75) is 46.6 Å². The molecule has 0 aliphatic heterocycles. The average molecular weight is 285 g/mol. The van der Waals surface area contributed by atoms with Gasteiger partial charge in [0, 0.05) is 6.04 Å². The largest absolute Gasteiger partial charge is 0.481 e. The molecule has 6 nitrogen and oxygen atoms in total. The van der Waals surface area contributed by atoms with Gasteiger partial charge in [0.1, 0.15) is 4.88 Å². The predicted octanol–water partition coefficient (Wildman–Crippen LogP) is 1.72. The molecule has 0 fully saturated rings. The lowest BCUT2D eigenvalue weighted by molar-refractivity contribution is -0.138. The van der Waals surface area contributed by atoms with E-state index in [2.05, 4.69) is 14.9 Å². The lowest BCUT2D eigenvalue weighted by Crippen LogP contribution is -2.45. The highest BCUT2D eigenvalue weighted by Gasteiger charge is 2.29.